The van der Waals surface area contributed by atoms with Gasteiger partial charge >= 0.3 is 11.9 Å². The molecule has 1 amide bonds. The maximum atomic E-state index is 15.4. The van der Waals surface area contributed by atoms with Crippen LogP contribution in [0, 0.1) is 11.6 Å². The number of unbranched alkanes of at least 4 members (excludes halogenated alkanes) is 1. The number of hydrogen-bond donors (Lipinski definition) is 6. The molecule has 18 nitrogen and oxygen atoms in total. The predicted molar refractivity (Wildman–Crippen MR) is 335 cm³/mol. The molecule has 2 aliphatic heterocycles. The number of aliphatic hydroxyl groups excluding tert-OH is 2. The van der Waals surface area contributed by atoms with Gasteiger partial charge in [-0.25, -0.2) is 18.7 Å². The first-order valence-corrected chi connectivity index (χ1v) is 30.6. The summed E-state index contributed by atoms with van der Waals surface area (Å²) in [5.41, 5.74) is 13.0. The quantitative estimate of drug-likeness (QED) is 0.0170. The zero-order valence-electron chi connectivity index (χ0n) is 51.4. The first-order valence-electron chi connectivity index (χ1n) is 30.6. The number of nitrogens with two attached hydrogens (primary N) is 1. The second kappa shape index (κ2) is 38.6. The van der Waals surface area contributed by atoms with Crippen LogP contribution in [0.2, 0.25) is 0 Å². The molecule has 20 heteroatoms. The van der Waals surface area contributed by atoms with E-state index in [2.05, 4.69) is 39.1 Å². The van der Waals surface area contributed by atoms with Crippen molar-refractivity contribution in [2.24, 2.45) is 5.73 Å². The van der Waals surface area contributed by atoms with Gasteiger partial charge in [0.2, 0.25) is 5.91 Å². The molecule has 0 bridgehead atoms. The SMILES string of the molecule is CCOC(=O)C[C@@H](c1ccc(OCc2ccccc2)c(F)c1)N(CC(CO)OC)C(=O)CCCCc1ccc2c(n1)NCCC2.CCOC(=O)C[C@H](NCC(CO)OC)c1ccc(OCc2ccccc2)c(F)c1.NCCCc1ccc2c(n1)NCCC2. The van der Waals surface area contributed by atoms with E-state index < -0.39 is 47.9 Å². The average Bonchev–Trinajstić information content (AvgIpc) is 3.49. The first-order chi connectivity index (χ1) is 42.9. The van der Waals surface area contributed by atoms with Gasteiger partial charge in [-0.15, -0.1) is 0 Å². The Bertz CT molecular complexity index is 3030. The standard InChI is InChI=1S/C35H44FN3O6.C22H28FNO5.C11H17N3/c1-3-44-34(42)21-31(27-16-18-32(30(36)20-27)45-24-25-10-5-4-6-11-25)39(22-29(23-40)43-2)33(41)14-8-7-13-28-17-15-26-12-9-19-37-35(26)38-28;1-3-28-22(26)12-20(24-13-18(14-25)27-2)17-9-10-21(19(23)11-17)29-15-16-7-5-4-6-8-16;12-7-1-4-10-6-5-9-3-2-8-13-11(9)14-10/h4-6,10-11,15-18,20,29,31,40H,3,7-9,12-14,19,21-24H2,1-2H3,(H,37,38);4-11,18,20,24-25H,3,12-15H2,1-2H3;5-6H,1-4,7-8,12H2,(H,13,14)/t29?,31-;18?,20-;/m00./s1. The zero-order chi connectivity index (χ0) is 62.9. The van der Waals surface area contributed by atoms with Gasteiger partial charge in [-0.05, 0) is 148 Å². The summed E-state index contributed by atoms with van der Waals surface area (Å²) >= 11 is 0. The van der Waals surface area contributed by atoms with Gasteiger partial charge in [-0.1, -0.05) is 84.9 Å². The van der Waals surface area contributed by atoms with Crippen LogP contribution in [0.3, 0.4) is 0 Å². The van der Waals surface area contributed by atoms with E-state index in [9.17, 15) is 29.0 Å². The maximum absolute atomic E-state index is 15.4. The van der Waals surface area contributed by atoms with Crippen LogP contribution in [0.4, 0.5) is 20.4 Å². The van der Waals surface area contributed by atoms with E-state index >= 15 is 4.39 Å². The molecule has 4 aromatic carbocycles. The van der Waals surface area contributed by atoms with Crippen molar-refractivity contribution in [3.05, 3.63) is 178 Å². The minimum Gasteiger partial charge on any atom is -0.486 e. The summed E-state index contributed by atoms with van der Waals surface area (Å²) < 4.78 is 62.0. The van der Waals surface area contributed by atoms with E-state index in [1.165, 1.54) is 54.9 Å². The topological polar surface area (TPSA) is 238 Å². The number of anilines is 2. The van der Waals surface area contributed by atoms with Crippen molar-refractivity contribution < 1.29 is 61.8 Å². The van der Waals surface area contributed by atoms with Gasteiger partial charge in [0.05, 0.1) is 57.5 Å². The van der Waals surface area contributed by atoms with Crippen LogP contribution >= 0.6 is 0 Å². The van der Waals surface area contributed by atoms with E-state index in [4.69, 9.17) is 39.1 Å². The van der Waals surface area contributed by atoms with Crippen molar-refractivity contribution in [2.45, 2.75) is 128 Å². The number of methoxy groups -OCH3 is 2. The number of aromatic nitrogens is 2. The average molecular weight is 1220 g/mol. The number of aliphatic hydroxyl groups is 2. The second-order valence-electron chi connectivity index (χ2n) is 21.3. The van der Waals surface area contributed by atoms with E-state index in [1.807, 2.05) is 66.7 Å². The van der Waals surface area contributed by atoms with Crippen LogP contribution in [0.5, 0.6) is 11.5 Å². The molecule has 7 N–H and O–H groups in total. The third-order valence-electron chi connectivity index (χ3n) is 14.9. The van der Waals surface area contributed by atoms with Gasteiger partial charge in [-0.3, -0.25) is 14.4 Å². The molecule has 4 heterocycles. The highest BCUT2D eigenvalue weighted by molar-refractivity contribution is 5.78. The number of ether oxygens (including phenoxy) is 6. The Morgan fingerprint density at radius 1 is 0.648 bits per heavy atom. The number of fused-ring (bicyclic) bond motifs is 2. The smallest absolute Gasteiger partial charge is 0.308 e. The lowest BCUT2D eigenvalue weighted by Gasteiger charge is -2.34. The number of pyridine rings is 2. The van der Waals surface area contributed by atoms with Gasteiger partial charge in [0, 0.05) is 64.2 Å². The number of nitrogens with zero attached hydrogens (tertiary/aromatic N) is 3. The minimum absolute atomic E-state index is 0.0157. The summed E-state index contributed by atoms with van der Waals surface area (Å²) in [7, 11) is 2.93. The molecule has 4 atom stereocenters. The number of hydrogen-bond acceptors (Lipinski definition) is 17. The Labute approximate surface area is 516 Å². The Morgan fingerprint density at radius 2 is 1.16 bits per heavy atom. The largest absolute Gasteiger partial charge is 0.486 e. The van der Waals surface area contributed by atoms with Gasteiger partial charge in [0.1, 0.15) is 24.8 Å². The van der Waals surface area contributed by atoms with Crippen LogP contribution in [-0.4, -0.2) is 129 Å². The molecular formula is C68H89F2N7O11. The number of halogens is 2. The zero-order valence-corrected chi connectivity index (χ0v) is 51.4. The number of carbonyl (C=O) groups is 3. The summed E-state index contributed by atoms with van der Waals surface area (Å²) in [4.78, 5) is 49.3. The van der Waals surface area contributed by atoms with Crippen LogP contribution in [0.1, 0.15) is 122 Å². The molecule has 8 rings (SSSR count). The first kappa shape index (κ1) is 69.5. The summed E-state index contributed by atoms with van der Waals surface area (Å²) in [6.45, 7) is 6.85. The predicted octanol–water partition coefficient (Wildman–Crippen LogP) is 9.73. The molecule has 2 aliphatic rings. The number of rotatable bonds is 32. The van der Waals surface area contributed by atoms with Crippen molar-refractivity contribution in [1.82, 2.24) is 20.2 Å². The van der Waals surface area contributed by atoms with Gasteiger partial charge in [0.25, 0.3) is 0 Å². The molecule has 2 unspecified atom stereocenters. The monoisotopic (exact) mass is 1220 g/mol. The Kier molecular flexibility index (Phi) is 30.5. The summed E-state index contributed by atoms with van der Waals surface area (Å²) in [5.74, 6) is -0.0367. The number of esters is 2. The Hall–Kier alpha value is -7.59. The van der Waals surface area contributed by atoms with E-state index in [1.54, 1.807) is 32.0 Å². The maximum Gasteiger partial charge on any atom is 0.308 e. The normalized spacial score (nSPS) is 13.6. The lowest BCUT2D eigenvalue weighted by molar-refractivity contribution is -0.147. The molecule has 0 spiro atoms. The van der Waals surface area contributed by atoms with Crippen LogP contribution in [-0.2, 0) is 72.2 Å². The fraction of sp³-hybridized carbons (Fsp3) is 0.456. The van der Waals surface area contributed by atoms with Crippen molar-refractivity contribution in [1.29, 1.82) is 0 Å². The molecule has 88 heavy (non-hydrogen) atoms. The van der Waals surface area contributed by atoms with Crippen LogP contribution in [0.25, 0.3) is 0 Å². The molecule has 0 saturated carbocycles. The highest BCUT2D eigenvalue weighted by Crippen LogP contribution is 2.32. The van der Waals surface area contributed by atoms with Crippen molar-refractivity contribution in [3.63, 3.8) is 0 Å². The molecule has 2 aromatic heterocycles. The number of nitrogens with one attached hydrogen (secondary N) is 3. The number of carbonyl (C=O) groups excluding carboxylic acids is 3. The third kappa shape index (κ3) is 23.2. The Balaban J connectivity index is 0.000000243. The third-order valence-corrected chi connectivity index (χ3v) is 14.9. The molecule has 0 aliphatic carbocycles. The van der Waals surface area contributed by atoms with Gasteiger partial charge in [-0.2, -0.15) is 0 Å². The fourth-order valence-electron chi connectivity index (χ4n) is 9.99. The molecule has 0 saturated heterocycles. The lowest BCUT2D eigenvalue weighted by atomic mass is 9.99. The molecule has 6 aromatic rings. The van der Waals surface area contributed by atoms with Gasteiger partial charge < -0.3 is 65.2 Å². The minimum atomic E-state index is -0.841. The second-order valence-corrected chi connectivity index (χ2v) is 21.3. The van der Waals surface area contributed by atoms with Gasteiger partial charge in [0.15, 0.2) is 23.1 Å². The van der Waals surface area contributed by atoms with Crippen molar-refractivity contribution in [2.75, 3.05) is 84.0 Å². The number of aryl methyl sites for hydroxylation is 4. The molecule has 0 fully saturated rings. The Morgan fingerprint density at radius 3 is 1.66 bits per heavy atom. The fourth-order valence-corrected chi connectivity index (χ4v) is 9.99. The van der Waals surface area contributed by atoms with E-state index in [0.717, 1.165) is 98.7 Å². The molecule has 476 valence electrons. The van der Waals surface area contributed by atoms with Crippen molar-refractivity contribution >= 4 is 29.5 Å². The number of amides is 1. The van der Waals surface area contributed by atoms with E-state index in [-0.39, 0.29) is 82.9 Å². The summed E-state index contributed by atoms with van der Waals surface area (Å²) in [6.07, 6.45) is 7.49. The molecular weight excluding hydrogens is 1130 g/mol. The van der Waals surface area contributed by atoms with Crippen LogP contribution in [0.15, 0.2) is 121 Å². The highest BCUT2D eigenvalue weighted by atomic mass is 19.1. The van der Waals surface area contributed by atoms with Crippen molar-refractivity contribution in [3.8, 4) is 11.5 Å². The van der Waals surface area contributed by atoms with Crippen LogP contribution < -0.4 is 31.2 Å². The number of benzene rings is 4. The molecule has 0 radical (unpaired) electrons. The van der Waals surface area contributed by atoms with E-state index in [0.29, 0.717) is 24.1 Å². The summed E-state index contributed by atoms with van der Waals surface area (Å²) in [6, 6.07) is 35.1. The highest BCUT2D eigenvalue weighted by Gasteiger charge is 2.31. The lowest BCUT2D eigenvalue weighted by Crippen LogP contribution is -2.43. The summed E-state index contributed by atoms with van der Waals surface area (Å²) in [5, 5.41) is 29.0.